The highest BCUT2D eigenvalue weighted by Gasteiger charge is 2.34. The van der Waals surface area contributed by atoms with Crippen molar-refractivity contribution in [1.29, 1.82) is 0 Å². The molecule has 0 aliphatic carbocycles. The molecule has 2 aromatic rings. The molecule has 1 N–H and O–H groups in total. The molecule has 21 heavy (non-hydrogen) atoms. The van der Waals surface area contributed by atoms with Crippen molar-refractivity contribution in [3.05, 3.63) is 41.6 Å². The Morgan fingerprint density at radius 1 is 1.29 bits per heavy atom. The van der Waals surface area contributed by atoms with Gasteiger partial charge in [-0.05, 0) is 49.9 Å². The van der Waals surface area contributed by atoms with Gasteiger partial charge in [0.25, 0.3) is 0 Å². The lowest BCUT2D eigenvalue weighted by molar-refractivity contribution is 0.313. The second-order valence-corrected chi connectivity index (χ2v) is 6.60. The third-order valence-electron chi connectivity index (χ3n) is 5.00. The lowest BCUT2D eigenvalue weighted by atomic mass is 9.94. The van der Waals surface area contributed by atoms with E-state index < -0.39 is 0 Å². The number of pyridine rings is 1. The smallest absolute Gasteiger partial charge is 0.0708 e. The van der Waals surface area contributed by atoms with E-state index in [4.69, 9.17) is 0 Å². The standard InChI is InChI=1S/C18H23N3/c1-13-9-15(16-6-2-3-7-17(16)20-13)11-21-10-14-5-4-8-19-18(14)12-21/h2-3,6-7,9,14,18-19H,4-5,8,10-12H2,1H3/t14-,18+/m0/s1. The van der Waals surface area contributed by atoms with E-state index in [1.807, 2.05) is 0 Å². The van der Waals surface area contributed by atoms with E-state index in [-0.39, 0.29) is 0 Å². The summed E-state index contributed by atoms with van der Waals surface area (Å²) in [5.41, 5.74) is 3.68. The maximum absolute atomic E-state index is 4.65. The average molecular weight is 281 g/mol. The van der Waals surface area contributed by atoms with Crippen LogP contribution in [0.25, 0.3) is 10.9 Å². The van der Waals surface area contributed by atoms with Crippen molar-refractivity contribution in [2.45, 2.75) is 32.4 Å². The minimum atomic E-state index is 0.716. The van der Waals surface area contributed by atoms with E-state index in [1.165, 1.54) is 43.4 Å². The predicted molar refractivity (Wildman–Crippen MR) is 86.3 cm³/mol. The molecule has 0 unspecified atom stereocenters. The maximum atomic E-state index is 4.65. The predicted octanol–water partition coefficient (Wildman–Crippen LogP) is 2.73. The Bertz CT molecular complexity index is 638. The molecule has 0 bridgehead atoms. The molecule has 2 saturated heterocycles. The fraction of sp³-hybridized carbons (Fsp3) is 0.500. The summed E-state index contributed by atoms with van der Waals surface area (Å²) in [6, 6.07) is 11.5. The fourth-order valence-electron chi connectivity index (χ4n) is 4.03. The van der Waals surface area contributed by atoms with Crippen molar-refractivity contribution < 1.29 is 0 Å². The molecule has 4 rings (SSSR count). The molecule has 0 spiro atoms. The first-order chi connectivity index (χ1) is 10.3. The number of nitrogens with one attached hydrogen (secondary N) is 1. The molecule has 0 saturated carbocycles. The number of hydrogen-bond donors (Lipinski definition) is 1. The van der Waals surface area contributed by atoms with Crippen molar-refractivity contribution in [1.82, 2.24) is 15.2 Å². The van der Waals surface area contributed by atoms with E-state index in [1.54, 1.807) is 0 Å². The summed E-state index contributed by atoms with van der Waals surface area (Å²) in [6.07, 6.45) is 2.73. The van der Waals surface area contributed by atoms with Crippen LogP contribution in [0.3, 0.4) is 0 Å². The summed E-state index contributed by atoms with van der Waals surface area (Å²) in [4.78, 5) is 7.27. The Labute approximate surface area is 126 Å². The molecular weight excluding hydrogens is 258 g/mol. The average Bonchev–Trinajstić information content (AvgIpc) is 2.89. The molecule has 1 aromatic carbocycles. The van der Waals surface area contributed by atoms with Gasteiger partial charge in [0, 0.05) is 36.8 Å². The molecule has 3 heterocycles. The molecule has 0 radical (unpaired) electrons. The zero-order valence-electron chi connectivity index (χ0n) is 12.7. The number of hydrogen-bond acceptors (Lipinski definition) is 3. The van der Waals surface area contributed by atoms with Crippen LogP contribution in [0.5, 0.6) is 0 Å². The summed E-state index contributed by atoms with van der Waals surface area (Å²) >= 11 is 0. The summed E-state index contributed by atoms with van der Waals surface area (Å²) < 4.78 is 0. The zero-order chi connectivity index (χ0) is 14.2. The fourth-order valence-corrected chi connectivity index (χ4v) is 4.03. The number of likely N-dealkylation sites (tertiary alicyclic amines) is 1. The van der Waals surface area contributed by atoms with Crippen LogP contribution in [-0.2, 0) is 6.54 Å². The van der Waals surface area contributed by atoms with E-state index >= 15 is 0 Å². The Morgan fingerprint density at radius 3 is 3.10 bits per heavy atom. The molecule has 110 valence electrons. The number of aromatic nitrogens is 1. The SMILES string of the molecule is Cc1cc(CN2C[C@@H]3CCCN[C@@H]3C2)c2ccccc2n1. The second kappa shape index (κ2) is 5.39. The molecule has 3 nitrogen and oxygen atoms in total. The van der Waals surface area contributed by atoms with E-state index in [9.17, 15) is 0 Å². The van der Waals surface area contributed by atoms with Crippen molar-refractivity contribution in [2.75, 3.05) is 19.6 Å². The largest absolute Gasteiger partial charge is 0.312 e. The Kier molecular flexibility index (Phi) is 3.40. The number of para-hydroxylation sites is 1. The van der Waals surface area contributed by atoms with Crippen LogP contribution in [0.1, 0.15) is 24.1 Å². The van der Waals surface area contributed by atoms with Crippen LogP contribution in [0.15, 0.2) is 30.3 Å². The molecule has 2 aliphatic heterocycles. The van der Waals surface area contributed by atoms with Crippen LogP contribution in [-0.4, -0.2) is 35.6 Å². The topological polar surface area (TPSA) is 28.2 Å². The summed E-state index contributed by atoms with van der Waals surface area (Å²) in [5, 5.41) is 5.00. The number of rotatable bonds is 2. The third kappa shape index (κ3) is 2.56. The molecule has 2 fully saturated rings. The number of nitrogens with zero attached hydrogens (tertiary/aromatic N) is 2. The van der Waals surface area contributed by atoms with Gasteiger partial charge < -0.3 is 5.32 Å². The third-order valence-corrected chi connectivity index (χ3v) is 5.00. The normalized spacial score (nSPS) is 26.1. The van der Waals surface area contributed by atoms with E-state index in [0.717, 1.165) is 23.7 Å². The second-order valence-electron chi connectivity index (χ2n) is 6.60. The van der Waals surface area contributed by atoms with Gasteiger partial charge in [0.2, 0.25) is 0 Å². The maximum Gasteiger partial charge on any atom is 0.0708 e. The van der Waals surface area contributed by atoms with Gasteiger partial charge in [0.1, 0.15) is 0 Å². The van der Waals surface area contributed by atoms with Gasteiger partial charge in [-0.15, -0.1) is 0 Å². The van der Waals surface area contributed by atoms with Crippen LogP contribution in [0.2, 0.25) is 0 Å². The summed E-state index contributed by atoms with van der Waals surface area (Å²) in [5.74, 6) is 0.855. The van der Waals surface area contributed by atoms with Gasteiger partial charge in [-0.25, -0.2) is 0 Å². The lowest BCUT2D eigenvalue weighted by Crippen LogP contribution is -2.40. The molecule has 2 aliphatic rings. The Hall–Kier alpha value is -1.45. The molecular formula is C18H23N3. The van der Waals surface area contributed by atoms with Crippen molar-refractivity contribution in [3.63, 3.8) is 0 Å². The summed E-state index contributed by atoms with van der Waals surface area (Å²) in [6.45, 7) is 6.79. The van der Waals surface area contributed by atoms with E-state index in [0.29, 0.717) is 6.04 Å². The molecule has 2 atom stereocenters. The Morgan fingerprint density at radius 2 is 2.19 bits per heavy atom. The molecule has 1 aromatic heterocycles. The quantitative estimate of drug-likeness (QED) is 0.917. The highest BCUT2D eigenvalue weighted by Crippen LogP contribution is 2.27. The minimum absolute atomic E-state index is 0.716. The lowest BCUT2D eigenvalue weighted by Gasteiger charge is -2.24. The highest BCUT2D eigenvalue weighted by molar-refractivity contribution is 5.82. The van der Waals surface area contributed by atoms with Crippen LogP contribution in [0.4, 0.5) is 0 Å². The first-order valence-electron chi connectivity index (χ1n) is 8.10. The van der Waals surface area contributed by atoms with Crippen molar-refractivity contribution >= 4 is 10.9 Å². The van der Waals surface area contributed by atoms with Crippen LogP contribution in [0, 0.1) is 12.8 Å². The van der Waals surface area contributed by atoms with Gasteiger partial charge in [-0.2, -0.15) is 0 Å². The van der Waals surface area contributed by atoms with Gasteiger partial charge in [0.05, 0.1) is 5.52 Å². The van der Waals surface area contributed by atoms with Gasteiger partial charge in [0.15, 0.2) is 0 Å². The number of benzene rings is 1. The van der Waals surface area contributed by atoms with Gasteiger partial charge in [-0.3, -0.25) is 9.88 Å². The number of piperidine rings is 1. The molecule has 0 amide bonds. The van der Waals surface area contributed by atoms with Crippen LogP contribution < -0.4 is 5.32 Å². The zero-order valence-corrected chi connectivity index (χ0v) is 12.7. The Balaban J connectivity index is 1.60. The highest BCUT2D eigenvalue weighted by atomic mass is 15.2. The molecule has 3 heteroatoms. The minimum Gasteiger partial charge on any atom is -0.312 e. The van der Waals surface area contributed by atoms with Crippen LogP contribution >= 0.6 is 0 Å². The van der Waals surface area contributed by atoms with Gasteiger partial charge in [-0.1, -0.05) is 18.2 Å². The first kappa shape index (κ1) is 13.2. The van der Waals surface area contributed by atoms with E-state index in [2.05, 4.69) is 52.5 Å². The number of aryl methyl sites for hydroxylation is 1. The number of fused-ring (bicyclic) bond motifs is 2. The van der Waals surface area contributed by atoms with Crippen molar-refractivity contribution in [2.24, 2.45) is 5.92 Å². The van der Waals surface area contributed by atoms with Crippen molar-refractivity contribution in [3.8, 4) is 0 Å². The monoisotopic (exact) mass is 281 g/mol. The first-order valence-corrected chi connectivity index (χ1v) is 8.10. The summed E-state index contributed by atoms with van der Waals surface area (Å²) in [7, 11) is 0. The van der Waals surface area contributed by atoms with Gasteiger partial charge >= 0.3 is 0 Å².